The van der Waals surface area contributed by atoms with Crippen LogP contribution in [0.3, 0.4) is 0 Å². The van der Waals surface area contributed by atoms with Crippen molar-refractivity contribution in [2.75, 3.05) is 14.2 Å². The first-order valence-corrected chi connectivity index (χ1v) is 5.97. The van der Waals surface area contributed by atoms with Crippen LogP contribution in [0.2, 0.25) is 0 Å². The average molecular weight is 188 g/mol. The lowest BCUT2D eigenvalue weighted by Crippen LogP contribution is -2.15. The Morgan fingerprint density at radius 1 is 1.08 bits per heavy atom. The van der Waals surface area contributed by atoms with Crippen molar-refractivity contribution in [2.24, 2.45) is 11.8 Å². The minimum Gasteiger partial charge on any atom is -0.337 e. The van der Waals surface area contributed by atoms with E-state index in [4.69, 9.17) is 9.05 Å². The summed E-state index contributed by atoms with van der Waals surface area (Å²) in [4.78, 5) is 0. The van der Waals surface area contributed by atoms with Crippen LogP contribution in [0.5, 0.6) is 0 Å². The van der Waals surface area contributed by atoms with Crippen molar-refractivity contribution < 1.29 is 9.05 Å². The van der Waals surface area contributed by atoms with Crippen LogP contribution in [0, 0.1) is 11.8 Å². The maximum atomic E-state index is 5.38. The zero-order valence-electron chi connectivity index (χ0n) is 7.82. The maximum absolute atomic E-state index is 5.38. The summed E-state index contributed by atoms with van der Waals surface area (Å²) >= 11 is 0. The highest BCUT2D eigenvalue weighted by Gasteiger charge is 2.44. The average Bonchev–Trinajstić information content (AvgIpc) is 2.67. The van der Waals surface area contributed by atoms with E-state index in [0.717, 1.165) is 17.5 Å². The van der Waals surface area contributed by atoms with Gasteiger partial charge in [-0.1, -0.05) is 6.42 Å². The van der Waals surface area contributed by atoms with Crippen molar-refractivity contribution in [3.05, 3.63) is 0 Å². The molecule has 0 heterocycles. The molecule has 2 saturated carbocycles. The van der Waals surface area contributed by atoms with E-state index in [9.17, 15) is 0 Å². The fourth-order valence-corrected chi connectivity index (χ4v) is 4.59. The lowest BCUT2D eigenvalue weighted by atomic mass is 10.0. The molecule has 2 aliphatic carbocycles. The number of rotatable bonds is 3. The molecular weight excluding hydrogens is 171 g/mol. The molecule has 0 aliphatic heterocycles. The van der Waals surface area contributed by atoms with E-state index < -0.39 is 8.38 Å². The van der Waals surface area contributed by atoms with Gasteiger partial charge >= 0.3 is 0 Å². The molecule has 3 atom stereocenters. The van der Waals surface area contributed by atoms with Crippen LogP contribution in [0.25, 0.3) is 0 Å². The first-order chi connectivity index (χ1) is 5.85. The SMILES string of the molecule is COP(OC)[C@@H]1C[C@@H]2CC[C@H]1C2. The fourth-order valence-electron chi connectivity index (χ4n) is 2.81. The summed E-state index contributed by atoms with van der Waals surface area (Å²) in [5, 5.41) is 0. The van der Waals surface area contributed by atoms with Gasteiger partial charge in [-0.2, -0.15) is 0 Å². The molecule has 0 aromatic heterocycles. The lowest BCUT2D eigenvalue weighted by Gasteiger charge is -2.26. The Kier molecular flexibility index (Phi) is 2.69. The third kappa shape index (κ3) is 1.41. The molecule has 0 unspecified atom stereocenters. The molecule has 0 aromatic carbocycles. The maximum Gasteiger partial charge on any atom is 0.173 e. The van der Waals surface area contributed by atoms with E-state index in [2.05, 4.69) is 0 Å². The van der Waals surface area contributed by atoms with Gasteiger partial charge in [0.05, 0.1) is 0 Å². The highest BCUT2D eigenvalue weighted by atomic mass is 31.2. The van der Waals surface area contributed by atoms with Crippen LogP contribution in [0.1, 0.15) is 25.7 Å². The van der Waals surface area contributed by atoms with Crippen molar-refractivity contribution in [3.8, 4) is 0 Å². The normalized spacial score (nSPS) is 39.8. The Bertz CT molecular complexity index is 159. The Morgan fingerprint density at radius 3 is 2.25 bits per heavy atom. The van der Waals surface area contributed by atoms with Gasteiger partial charge in [0.25, 0.3) is 0 Å². The lowest BCUT2D eigenvalue weighted by molar-refractivity contribution is 0.313. The van der Waals surface area contributed by atoms with E-state index in [-0.39, 0.29) is 0 Å². The molecule has 2 rings (SSSR count). The number of hydrogen-bond donors (Lipinski definition) is 0. The van der Waals surface area contributed by atoms with Gasteiger partial charge in [0.1, 0.15) is 0 Å². The quantitative estimate of drug-likeness (QED) is 0.634. The third-order valence-electron chi connectivity index (χ3n) is 3.33. The van der Waals surface area contributed by atoms with E-state index in [1.54, 1.807) is 14.2 Å². The smallest absolute Gasteiger partial charge is 0.173 e. The minimum atomic E-state index is -0.572. The van der Waals surface area contributed by atoms with Crippen LogP contribution in [-0.2, 0) is 9.05 Å². The molecule has 0 aromatic rings. The second kappa shape index (κ2) is 3.61. The molecule has 0 N–H and O–H groups in total. The summed E-state index contributed by atoms with van der Waals surface area (Å²) in [7, 11) is 2.99. The van der Waals surface area contributed by atoms with Gasteiger partial charge in [0, 0.05) is 19.9 Å². The number of fused-ring (bicyclic) bond motifs is 2. The van der Waals surface area contributed by atoms with E-state index in [1.165, 1.54) is 25.7 Å². The van der Waals surface area contributed by atoms with Crippen LogP contribution < -0.4 is 0 Å². The monoisotopic (exact) mass is 188 g/mol. The topological polar surface area (TPSA) is 18.5 Å². The zero-order chi connectivity index (χ0) is 8.55. The van der Waals surface area contributed by atoms with Crippen molar-refractivity contribution in [2.45, 2.75) is 31.3 Å². The molecular formula is C9H17O2P. The van der Waals surface area contributed by atoms with Crippen molar-refractivity contribution in [1.82, 2.24) is 0 Å². The number of hydrogen-bond acceptors (Lipinski definition) is 2. The minimum absolute atomic E-state index is 0.572. The molecule has 2 bridgehead atoms. The Morgan fingerprint density at radius 2 is 1.83 bits per heavy atom. The molecule has 0 saturated heterocycles. The molecule has 0 radical (unpaired) electrons. The molecule has 2 aliphatic rings. The van der Waals surface area contributed by atoms with Gasteiger partial charge in [0.2, 0.25) is 0 Å². The Hall–Kier alpha value is 0.350. The van der Waals surface area contributed by atoms with Crippen LogP contribution in [0.4, 0.5) is 0 Å². The first kappa shape index (κ1) is 8.93. The van der Waals surface area contributed by atoms with Crippen molar-refractivity contribution in [1.29, 1.82) is 0 Å². The second-order valence-corrected chi connectivity index (χ2v) is 5.86. The first-order valence-electron chi connectivity index (χ1n) is 4.72. The van der Waals surface area contributed by atoms with Crippen molar-refractivity contribution >= 4 is 8.38 Å². The van der Waals surface area contributed by atoms with Gasteiger partial charge in [-0.05, 0) is 31.1 Å². The van der Waals surface area contributed by atoms with Crippen LogP contribution >= 0.6 is 8.38 Å². The molecule has 70 valence electrons. The highest BCUT2D eigenvalue weighted by molar-refractivity contribution is 7.48. The second-order valence-electron chi connectivity index (χ2n) is 3.89. The van der Waals surface area contributed by atoms with E-state index in [0.29, 0.717) is 0 Å². The van der Waals surface area contributed by atoms with Crippen LogP contribution in [-0.4, -0.2) is 19.9 Å². The standard InChI is InChI=1S/C9H17O2P/c1-10-12(11-2)9-6-7-3-4-8(9)5-7/h7-9H,3-6H2,1-2H3/t7-,8+,9-/m1/s1. The van der Waals surface area contributed by atoms with Gasteiger partial charge < -0.3 is 9.05 Å². The van der Waals surface area contributed by atoms with Gasteiger partial charge in [-0.3, -0.25) is 0 Å². The van der Waals surface area contributed by atoms with Crippen LogP contribution in [0.15, 0.2) is 0 Å². The van der Waals surface area contributed by atoms with Gasteiger partial charge in [-0.15, -0.1) is 0 Å². The Balaban J connectivity index is 1.96. The molecule has 0 spiro atoms. The molecule has 2 fully saturated rings. The molecule has 3 heteroatoms. The summed E-state index contributed by atoms with van der Waals surface area (Å²) in [6.45, 7) is 0. The van der Waals surface area contributed by atoms with Gasteiger partial charge in [-0.25, -0.2) is 0 Å². The van der Waals surface area contributed by atoms with Crippen molar-refractivity contribution in [3.63, 3.8) is 0 Å². The van der Waals surface area contributed by atoms with E-state index in [1.807, 2.05) is 0 Å². The summed E-state index contributed by atoms with van der Waals surface area (Å²) in [6.07, 6.45) is 5.67. The summed E-state index contributed by atoms with van der Waals surface area (Å²) < 4.78 is 10.8. The predicted octanol–water partition coefficient (Wildman–Crippen LogP) is 2.78. The summed E-state index contributed by atoms with van der Waals surface area (Å²) in [5.74, 6) is 1.91. The van der Waals surface area contributed by atoms with Gasteiger partial charge in [0.15, 0.2) is 8.38 Å². The largest absolute Gasteiger partial charge is 0.337 e. The fraction of sp³-hybridized carbons (Fsp3) is 1.00. The predicted molar refractivity (Wildman–Crippen MR) is 50.2 cm³/mol. The molecule has 2 nitrogen and oxygen atoms in total. The summed E-state index contributed by atoms with van der Waals surface area (Å²) in [6, 6.07) is 0. The molecule has 0 amide bonds. The van der Waals surface area contributed by atoms with E-state index >= 15 is 0 Å². The third-order valence-corrected chi connectivity index (χ3v) is 5.23. The zero-order valence-corrected chi connectivity index (χ0v) is 8.72. The molecule has 12 heavy (non-hydrogen) atoms. The Labute approximate surface area is 75.5 Å². The highest BCUT2D eigenvalue weighted by Crippen LogP contribution is 2.58. The summed E-state index contributed by atoms with van der Waals surface area (Å²) in [5.41, 5.74) is 0.744.